The van der Waals surface area contributed by atoms with Crippen molar-refractivity contribution in [1.29, 1.82) is 5.26 Å². The molecule has 0 fully saturated rings. The Morgan fingerprint density at radius 3 is 2.84 bits per heavy atom. The van der Waals surface area contributed by atoms with E-state index in [1.165, 1.54) is 23.3 Å². The molecule has 7 nitrogen and oxygen atoms in total. The fraction of sp³-hybridized carbons (Fsp3) is 0.227. The largest absolute Gasteiger partial charge is 0.481 e. The molecular weight excluding hydrogens is 468 g/mol. The van der Waals surface area contributed by atoms with E-state index in [9.17, 15) is 10.1 Å². The summed E-state index contributed by atoms with van der Waals surface area (Å²) in [6.45, 7) is 1.11. The summed E-state index contributed by atoms with van der Waals surface area (Å²) in [6, 6.07) is 13.0. The van der Waals surface area contributed by atoms with Crippen LogP contribution < -0.4 is 14.8 Å². The molecule has 0 saturated heterocycles. The van der Waals surface area contributed by atoms with Crippen molar-refractivity contribution < 1.29 is 14.6 Å². The van der Waals surface area contributed by atoms with Gasteiger partial charge in [0.2, 0.25) is 0 Å². The van der Waals surface area contributed by atoms with Gasteiger partial charge in [0.1, 0.15) is 23.4 Å². The number of nitriles is 1. The van der Waals surface area contributed by atoms with Crippen LogP contribution in [0.25, 0.3) is 0 Å². The lowest BCUT2D eigenvalue weighted by atomic mass is 10.1. The van der Waals surface area contributed by atoms with E-state index in [-0.39, 0.29) is 6.42 Å². The number of nitrogens with one attached hydrogen (secondary N) is 2. The van der Waals surface area contributed by atoms with Crippen molar-refractivity contribution >= 4 is 46.7 Å². The minimum Gasteiger partial charge on any atom is -0.481 e. The molecule has 0 saturated carbocycles. The van der Waals surface area contributed by atoms with Crippen LogP contribution in [0.2, 0.25) is 5.02 Å². The van der Waals surface area contributed by atoms with Gasteiger partial charge in [0.15, 0.2) is 0 Å². The number of rotatable bonds is 12. The minimum atomic E-state index is -0.820. The molecule has 0 bridgehead atoms. The molecule has 0 spiro atoms. The van der Waals surface area contributed by atoms with Crippen LogP contribution in [0, 0.1) is 11.3 Å². The zero-order valence-corrected chi connectivity index (χ0v) is 19.4. The molecular formula is C22H21ClN4O3S2. The lowest BCUT2D eigenvalue weighted by Crippen LogP contribution is -2.19. The number of ether oxygens (including phenoxy) is 1. The first-order valence-corrected chi connectivity index (χ1v) is 11.9. The van der Waals surface area contributed by atoms with Gasteiger partial charge in [-0.1, -0.05) is 11.6 Å². The van der Waals surface area contributed by atoms with E-state index in [0.717, 1.165) is 22.7 Å². The Morgan fingerprint density at radius 1 is 1.25 bits per heavy atom. The van der Waals surface area contributed by atoms with E-state index in [1.54, 1.807) is 29.8 Å². The Balaban J connectivity index is 1.64. The molecule has 166 valence electrons. The molecule has 0 aliphatic heterocycles. The van der Waals surface area contributed by atoms with Crippen LogP contribution in [-0.4, -0.2) is 29.1 Å². The third-order valence-electron chi connectivity index (χ3n) is 4.34. The van der Waals surface area contributed by atoms with Crippen LogP contribution in [0.4, 0.5) is 5.82 Å². The van der Waals surface area contributed by atoms with E-state index in [1.807, 2.05) is 17.5 Å². The predicted molar refractivity (Wildman–Crippen MR) is 128 cm³/mol. The quantitative estimate of drug-likeness (QED) is 0.224. The maximum absolute atomic E-state index is 10.6. The second-order valence-electron chi connectivity index (χ2n) is 6.70. The summed E-state index contributed by atoms with van der Waals surface area (Å²) in [5.74, 6) is 1.05. The predicted octanol–water partition coefficient (Wildman–Crippen LogP) is 5.58. The number of aromatic nitrogens is 1. The van der Waals surface area contributed by atoms with Crippen LogP contribution >= 0.6 is 34.9 Å². The Kier molecular flexibility index (Phi) is 9.19. The number of hydrogen-bond donors (Lipinski definition) is 3. The molecule has 10 heteroatoms. The molecule has 3 aromatic rings. The highest BCUT2D eigenvalue weighted by Gasteiger charge is 2.11. The monoisotopic (exact) mass is 488 g/mol. The summed E-state index contributed by atoms with van der Waals surface area (Å²) in [6.07, 6.45) is 1.58. The number of nitrogens with zero attached hydrogens (tertiary/aromatic N) is 2. The first-order chi connectivity index (χ1) is 15.5. The normalized spacial score (nSPS) is 10.5. The fourth-order valence-corrected chi connectivity index (χ4v) is 4.21. The molecule has 0 aliphatic rings. The van der Waals surface area contributed by atoms with Gasteiger partial charge >= 0.3 is 5.97 Å². The minimum absolute atomic E-state index is 0.0933. The Labute approximate surface area is 199 Å². The molecule has 1 aromatic heterocycles. The van der Waals surface area contributed by atoms with Gasteiger partial charge in [-0.05, 0) is 73.3 Å². The smallest absolute Gasteiger partial charge is 0.304 e. The molecule has 1 heterocycles. The number of thiazole rings is 1. The highest BCUT2D eigenvalue weighted by atomic mass is 35.5. The number of aryl methyl sites for hydroxylation is 1. The summed E-state index contributed by atoms with van der Waals surface area (Å²) in [4.78, 5) is 15.6. The van der Waals surface area contributed by atoms with E-state index < -0.39 is 5.97 Å². The maximum atomic E-state index is 10.6. The number of aliphatic carboxylic acids is 1. The van der Waals surface area contributed by atoms with Crippen molar-refractivity contribution in [3.63, 3.8) is 0 Å². The summed E-state index contributed by atoms with van der Waals surface area (Å²) in [7, 11) is 0. The molecule has 0 aliphatic carbocycles. The standard InChI is InChI=1S/C22H21ClN4O3S2/c23-17-3-5-19(15(10-17)2-1-8-25-9-7-22(28)29)30-20-6-4-18(11-16(20)12-24)32-27-21-13-31-14-26-21/h3-6,10-11,13-14,25,27H,1-2,7-9H2,(H,28,29). The SMILES string of the molecule is N#Cc1cc(SNc2cscn2)ccc1Oc1ccc(Cl)cc1CCCNCCC(=O)O. The van der Waals surface area contributed by atoms with Gasteiger partial charge < -0.3 is 19.9 Å². The van der Waals surface area contributed by atoms with E-state index >= 15 is 0 Å². The summed E-state index contributed by atoms with van der Waals surface area (Å²) in [5, 5.41) is 23.9. The Morgan fingerprint density at radius 2 is 2.09 bits per heavy atom. The van der Waals surface area contributed by atoms with Gasteiger partial charge in [-0.2, -0.15) is 5.26 Å². The lowest BCUT2D eigenvalue weighted by Gasteiger charge is -2.14. The van der Waals surface area contributed by atoms with Crippen LogP contribution in [0.15, 0.2) is 52.2 Å². The van der Waals surface area contributed by atoms with Crippen LogP contribution in [0.3, 0.4) is 0 Å². The summed E-state index contributed by atoms with van der Waals surface area (Å²) in [5.41, 5.74) is 3.09. The first kappa shape index (κ1) is 23.9. The molecule has 0 unspecified atom stereocenters. The molecule has 3 rings (SSSR count). The molecule has 0 amide bonds. The zero-order chi connectivity index (χ0) is 22.8. The molecule has 32 heavy (non-hydrogen) atoms. The molecule has 3 N–H and O–H groups in total. The van der Waals surface area contributed by atoms with Crippen molar-refractivity contribution in [1.82, 2.24) is 10.3 Å². The average molecular weight is 489 g/mol. The van der Waals surface area contributed by atoms with Crippen molar-refractivity contribution in [2.75, 3.05) is 17.8 Å². The van der Waals surface area contributed by atoms with Crippen molar-refractivity contribution in [2.24, 2.45) is 0 Å². The number of carboxylic acid groups (broad SMARTS) is 1. The van der Waals surface area contributed by atoms with Crippen LogP contribution in [0.1, 0.15) is 24.0 Å². The second-order valence-corrected chi connectivity index (χ2v) is 8.73. The molecule has 0 atom stereocenters. The third kappa shape index (κ3) is 7.43. The molecule has 0 radical (unpaired) electrons. The number of carboxylic acids is 1. The fourth-order valence-electron chi connectivity index (χ4n) is 2.81. The van der Waals surface area contributed by atoms with Gasteiger partial charge in [0.25, 0.3) is 0 Å². The number of hydrogen-bond acceptors (Lipinski definition) is 8. The maximum Gasteiger partial charge on any atom is 0.304 e. The van der Waals surface area contributed by atoms with Gasteiger partial charge in [-0.3, -0.25) is 4.79 Å². The van der Waals surface area contributed by atoms with E-state index in [0.29, 0.717) is 41.6 Å². The summed E-state index contributed by atoms with van der Waals surface area (Å²) < 4.78 is 9.22. The number of anilines is 1. The Hall–Kier alpha value is -2.77. The third-order valence-corrected chi connectivity index (χ3v) is 5.96. The van der Waals surface area contributed by atoms with Crippen molar-refractivity contribution in [2.45, 2.75) is 24.2 Å². The number of carbonyl (C=O) groups is 1. The summed E-state index contributed by atoms with van der Waals surface area (Å²) >= 11 is 9.05. The number of benzene rings is 2. The van der Waals surface area contributed by atoms with Crippen molar-refractivity contribution in [3.8, 4) is 17.6 Å². The first-order valence-electron chi connectivity index (χ1n) is 9.79. The second kappa shape index (κ2) is 12.3. The number of halogens is 1. The lowest BCUT2D eigenvalue weighted by molar-refractivity contribution is -0.136. The molecule has 2 aromatic carbocycles. The topological polar surface area (TPSA) is 107 Å². The zero-order valence-electron chi connectivity index (χ0n) is 17.0. The average Bonchev–Trinajstić information content (AvgIpc) is 3.30. The van der Waals surface area contributed by atoms with Crippen LogP contribution in [-0.2, 0) is 11.2 Å². The van der Waals surface area contributed by atoms with Gasteiger partial charge in [-0.25, -0.2) is 4.98 Å². The van der Waals surface area contributed by atoms with Crippen molar-refractivity contribution in [3.05, 3.63) is 63.4 Å². The van der Waals surface area contributed by atoms with E-state index in [4.69, 9.17) is 21.4 Å². The van der Waals surface area contributed by atoms with E-state index in [2.05, 4.69) is 21.1 Å². The van der Waals surface area contributed by atoms with Gasteiger partial charge in [0.05, 0.1) is 17.5 Å². The van der Waals surface area contributed by atoms with Gasteiger partial charge in [-0.15, -0.1) is 11.3 Å². The highest BCUT2D eigenvalue weighted by Crippen LogP contribution is 2.33. The van der Waals surface area contributed by atoms with Gasteiger partial charge in [0, 0.05) is 21.8 Å². The van der Waals surface area contributed by atoms with Crippen LogP contribution in [0.5, 0.6) is 11.5 Å². The Bertz CT molecular complexity index is 1090. The highest BCUT2D eigenvalue weighted by molar-refractivity contribution is 8.00.